The molecule has 1 fully saturated rings. The quantitative estimate of drug-likeness (QED) is 0.693. The number of carbonyl (C=O) groups excluding carboxylic acids is 1. The Labute approximate surface area is 153 Å². The van der Waals surface area contributed by atoms with E-state index in [1.165, 1.54) is 11.1 Å². The summed E-state index contributed by atoms with van der Waals surface area (Å²) in [5, 5.41) is 1.10. The number of carbonyl (C=O) groups is 1. The van der Waals surface area contributed by atoms with Crippen molar-refractivity contribution in [3.63, 3.8) is 0 Å². The second-order valence-corrected chi connectivity index (χ2v) is 7.10. The summed E-state index contributed by atoms with van der Waals surface area (Å²) < 4.78 is 0. The van der Waals surface area contributed by atoms with E-state index in [2.05, 4.69) is 25.1 Å². The van der Waals surface area contributed by atoms with Crippen molar-refractivity contribution in [3.05, 3.63) is 69.2 Å². The minimum Gasteiger partial charge on any atom is -0.336 e. The molecule has 1 unspecified atom stereocenters. The molecule has 1 heterocycles. The van der Waals surface area contributed by atoms with E-state index in [1.54, 1.807) is 6.07 Å². The zero-order chi connectivity index (χ0) is 17.1. The smallest absolute Gasteiger partial charge is 0.223 e. The number of likely N-dealkylation sites (tertiary alicyclic amines) is 1. The highest BCUT2D eigenvalue weighted by Gasteiger charge is 2.30. The van der Waals surface area contributed by atoms with Gasteiger partial charge in [-0.3, -0.25) is 4.79 Å². The molecule has 0 radical (unpaired) electrons. The number of halogens is 2. The van der Waals surface area contributed by atoms with Gasteiger partial charge in [0, 0.05) is 13.0 Å². The minimum absolute atomic E-state index is 0.191. The highest BCUT2D eigenvalue weighted by atomic mass is 35.5. The average molecular weight is 362 g/mol. The van der Waals surface area contributed by atoms with Crippen LogP contribution >= 0.6 is 23.2 Å². The SMILES string of the molecule is Cc1ccccc1C1CCCN1C(=O)CCc1cccc(Cl)c1Cl. The van der Waals surface area contributed by atoms with E-state index in [4.69, 9.17) is 23.2 Å². The van der Waals surface area contributed by atoms with E-state index in [-0.39, 0.29) is 11.9 Å². The number of hydrogen-bond acceptors (Lipinski definition) is 1. The van der Waals surface area contributed by atoms with Crippen LogP contribution in [0.2, 0.25) is 10.0 Å². The third-order valence-electron chi connectivity index (χ3n) is 4.76. The Hall–Kier alpha value is -1.51. The Morgan fingerprint density at radius 3 is 2.75 bits per heavy atom. The van der Waals surface area contributed by atoms with Crippen molar-refractivity contribution in [3.8, 4) is 0 Å². The number of benzene rings is 2. The van der Waals surface area contributed by atoms with Crippen LogP contribution in [0.4, 0.5) is 0 Å². The molecule has 1 aliphatic heterocycles. The lowest BCUT2D eigenvalue weighted by atomic mass is 9.99. The van der Waals surface area contributed by atoms with Gasteiger partial charge < -0.3 is 4.90 Å². The zero-order valence-electron chi connectivity index (χ0n) is 13.8. The third kappa shape index (κ3) is 3.60. The second-order valence-electron chi connectivity index (χ2n) is 6.31. The molecule has 3 rings (SSSR count). The number of nitrogens with zero attached hydrogens (tertiary/aromatic N) is 1. The van der Waals surface area contributed by atoms with Crippen molar-refractivity contribution < 1.29 is 4.79 Å². The van der Waals surface area contributed by atoms with Gasteiger partial charge in [0.05, 0.1) is 16.1 Å². The Morgan fingerprint density at radius 1 is 1.17 bits per heavy atom. The summed E-state index contributed by atoms with van der Waals surface area (Å²) in [4.78, 5) is 14.8. The molecule has 0 spiro atoms. The molecule has 2 aromatic rings. The van der Waals surface area contributed by atoms with Gasteiger partial charge in [-0.05, 0) is 48.9 Å². The van der Waals surface area contributed by atoms with Crippen molar-refractivity contribution in [1.82, 2.24) is 4.90 Å². The van der Waals surface area contributed by atoms with Gasteiger partial charge in [0.2, 0.25) is 5.91 Å². The molecule has 0 saturated carbocycles. The first kappa shape index (κ1) is 17.3. The van der Waals surface area contributed by atoms with Crippen molar-refractivity contribution >= 4 is 29.1 Å². The predicted molar refractivity (Wildman–Crippen MR) is 99.7 cm³/mol. The topological polar surface area (TPSA) is 20.3 Å². The van der Waals surface area contributed by atoms with Crippen LogP contribution in [0.25, 0.3) is 0 Å². The van der Waals surface area contributed by atoms with Crippen molar-refractivity contribution in [2.24, 2.45) is 0 Å². The van der Waals surface area contributed by atoms with E-state index in [0.29, 0.717) is 22.9 Å². The Bertz CT molecular complexity index is 744. The Kier molecular flexibility index (Phi) is 5.47. The molecule has 1 saturated heterocycles. The molecule has 1 amide bonds. The van der Waals surface area contributed by atoms with Crippen LogP contribution in [0.3, 0.4) is 0 Å². The van der Waals surface area contributed by atoms with Gasteiger partial charge in [-0.15, -0.1) is 0 Å². The first-order chi connectivity index (χ1) is 11.6. The van der Waals surface area contributed by atoms with Crippen molar-refractivity contribution in [1.29, 1.82) is 0 Å². The van der Waals surface area contributed by atoms with Crippen LogP contribution in [-0.4, -0.2) is 17.4 Å². The van der Waals surface area contributed by atoms with Crippen molar-refractivity contribution in [2.45, 2.75) is 38.6 Å². The highest BCUT2D eigenvalue weighted by molar-refractivity contribution is 6.42. The van der Waals surface area contributed by atoms with Gasteiger partial charge in [-0.25, -0.2) is 0 Å². The average Bonchev–Trinajstić information content (AvgIpc) is 3.06. The molecule has 2 nitrogen and oxygen atoms in total. The molecule has 1 atom stereocenters. The van der Waals surface area contributed by atoms with Crippen LogP contribution in [0.15, 0.2) is 42.5 Å². The first-order valence-corrected chi connectivity index (χ1v) is 9.11. The lowest BCUT2D eigenvalue weighted by Gasteiger charge is -2.26. The molecule has 0 aliphatic carbocycles. The van der Waals surface area contributed by atoms with Gasteiger partial charge in [0.25, 0.3) is 0 Å². The summed E-state index contributed by atoms with van der Waals surface area (Å²) in [5.74, 6) is 0.191. The van der Waals surface area contributed by atoms with Gasteiger partial charge >= 0.3 is 0 Å². The maximum absolute atomic E-state index is 12.8. The van der Waals surface area contributed by atoms with Gasteiger partial charge in [0.1, 0.15) is 0 Å². The molecule has 126 valence electrons. The van der Waals surface area contributed by atoms with Gasteiger partial charge in [0.15, 0.2) is 0 Å². The summed E-state index contributed by atoms with van der Waals surface area (Å²) in [6, 6.07) is 14.1. The maximum Gasteiger partial charge on any atom is 0.223 e. The standard InChI is InChI=1S/C20H21Cl2NO/c1-14-6-2-3-8-16(14)18-10-5-13-23(18)19(24)12-11-15-7-4-9-17(21)20(15)22/h2-4,6-9,18H,5,10-13H2,1H3. The van der Waals surface area contributed by atoms with E-state index >= 15 is 0 Å². The molecule has 0 N–H and O–H groups in total. The van der Waals surface area contributed by atoms with Crippen LogP contribution in [0.5, 0.6) is 0 Å². The van der Waals surface area contributed by atoms with E-state index in [9.17, 15) is 4.79 Å². The highest BCUT2D eigenvalue weighted by Crippen LogP contribution is 2.34. The second kappa shape index (κ2) is 7.58. The van der Waals surface area contributed by atoms with Gasteiger partial charge in [-0.1, -0.05) is 59.6 Å². The summed E-state index contributed by atoms with van der Waals surface area (Å²) >= 11 is 12.3. The molecule has 4 heteroatoms. The normalized spacial score (nSPS) is 17.3. The number of amides is 1. The first-order valence-electron chi connectivity index (χ1n) is 8.36. The number of aryl methyl sites for hydroxylation is 2. The monoisotopic (exact) mass is 361 g/mol. The summed E-state index contributed by atoms with van der Waals surface area (Å²) in [7, 11) is 0. The fraction of sp³-hybridized carbons (Fsp3) is 0.350. The number of hydrogen-bond donors (Lipinski definition) is 0. The molecule has 2 aromatic carbocycles. The van der Waals surface area contributed by atoms with E-state index in [0.717, 1.165) is 24.9 Å². The lowest BCUT2D eigenvalue weighted by Crippen LogP contribution is -2.31. The zero-order valence-corrected chi connectivity index (χ0v) is 15.3. The summed E-state index contributed by atoms with van der Waals surface area (Å²) in [5.41, 5.74) is 3.45. The lowest BCUT2D eigenvalue weighted by molar-refractivity contribution is -0.132. The molecule has 1 aliphatic rings. The molecule has 24 heavy (non-hydrogen) atoms. The van der Waals surface area contributed by atoms with Crippen LogP contribution in [0.1, 0.15) is 42.0 Å². The minimum atomic E-state index is 0.191. The largest absolute Gasteiger partial charge is 0.336 e. The predicted octanol–water partition coefficient (Wildman–Crippen LogP) is 5.60. The van der Waals surface area contributed by atoms with Crippen LogP contribution in [-0.2, 0) is 11.2 Å². The molecule has 0 bridgehead atoms. The molecule has 0 aromatic heterocycles. The maximum atomic E-state index is 12.8. The Balaban J connectivity index is 1.70. The van der Waals surface area contributed by atoms with Gasteiger partial charge in [-0.2, -0.15) is 0 Å². The van der Waals surface area contributed by atoms with E-state index < -0.39 is 0 Å². The molecular formula is C20H21Cl2NO. The fourth-order valence-electron chi connectivity index (χ4n) is 3.48. The molecular weight excluding hydrogens is 341 g/mol. The van der Waals surface area contributed by atoms with Crippen molar-refractivity contribution in [2.75, 3.05) is 6.54 Å². The van der Waals surface area contributed by atoms with E-state index in [1.807, 2.05) is 23.1 Å². The number of rotatable bonds is 4. The van der Waals surface area contributed by atoms with Crippen LogP contribution in [0, 0.1) is 6.92 Å². The fourth-order valence-corrected chi connectivity index (χ4v) is 3.89. The summed E-state index contributed by atoms with van der Waals surface area (Å²) in [6.07, 6.45) is 3.18. The third-order valence-corrected chi connectivity index (χ3v) is 5.62. The van der Waals surface area contributed by atoms with Crippen LogP contribution < -0.4 is 0 Å². The Morgan fingerprint density at radius 2 is 1.96 bits per heavy atom. The summed E-state index contributed by atoms with van der Waals surface area (Å²) in [6.45, 7) is 2.95.